The quantitative estimate of drug-likeness (QED) is 0.218. The van der Waals surface area contributed by atoms with E-state index in [1.54, 1.807) is 0 Å². The Morgan fingerprint density at radius 2 is 1.05 bits per heavy atom. The predicted octanol–water partition coefficient (Wildman–Crippen LogP) is 10.4. The Balaban J connectivity index is 1.47. The lowest BCUT2D eigenvalue weighted by molar-refractivity contribution is 0.996. The highest BCUT2D eigenvalue weighted by Crippen LogP contribution is 2.45. The lowest BCUT2D eigenvalue weighted by Gasteiger charge is -2.12. The van der Waals surface area contributed by atoms with Crippen LogP contribution in [0.2, 0.25) is 0 Å². The molecule has 0 spiro atoms. The number of fused-ring (bicyclic) bond motifs is 9. The van der Waals surface area contributed by atoms with Crippen molar-refractivity contribution in [2.75, 3.05) is 0 Å². The van der Waals surface area contributed by atoms with Gasteiger partial charge in [0.1, 0.15) is 0 Å². The smallest absolute Gasteiger partial charge is 0.235 e. The Labute approximate surface area is 246 Å². The van der Waals surface area contributed by atoms with Gasteiger partial charge in [-0.25, -0.2) is 9.97 Å². The minimum atomic E-state index is 0.671. The summed E-state index contributed by atoms with van der Waals surface area (Å²) in [5, 5.41) is 7.56. The SMILES string of the molecule is c1ccc(-c2cc(-c3ccccc3)nc(-n3c4ccc5ccccc5c4c4c5c(ccc43)sc3ccccc35)n2)cc1. The van der Waals surface area contributed by atoms with Crippen LogP contribution in [0, 0.1) is 0 Å². The third kappa shape index (κ3) is 3.46. The first-order valence-corrected chi connectivity index (χ1v) is 14.9. The highest BCUT2D eigenvalue weighted by Gasteiger charge is 2.21. The summed E-state index contributed by atoms with van der Waals surface area (Å²) in [6.45, 7) is 0. The van der Waals surface area contributed by atoms with Crippen molar-refractivity contribution >= 4 is 64.1 Å². The normalized spacial score (nSPS) is 11.8. The van der Waals surface area contributed by atoms with Gasteiger partial charge < -0.3 is 0 Å². The van der Waals surface area contributed by atoms with Crippen molar-refractivity contribution in [2.24, 2.45) is 0 Å². The molecule has 0 aliphatic rings. The number of thiophene rings is 1. The topological polar surface area (TPSA) is 30.7 Å². The number of hydrogen-bond acceptors (Lipinski definition) is 3. The minimum absolute atomic E-state index is 0.671. The van der Waals surface area contributed by atoms with Gasteiger partial charge in [-0.15, -0.1) is 11.3 Å². The van der Waals surface area contributed by atoms with Gasteiger partial charge in [-0.05, 0) is 41.1 Å². The van der Waals surface area contributed by atoms with Gasteiger partial charge in [-0.1, -0.05) is 109 Å². The van der Waals surface area contributed by atoms with Crippen LogP contribution in [0.4, 0.5) is 0 Å². The Morgan fingerprint density at radius 3 is 1.79 bits per heavy atom. The van der Waals surface area contributed by atoms with Gasteiger partial charge in [0.05, 0.1) is 22.4 Å². The zero-order chi connectivity index (χ0) is 27.6. The molecule has 0 aliphatic carbocycles. The van der Waals surface area contributed by atoms with E-state index in [1.165, 1.54) is 41.7 Å². The van der Waals surface area contributed by atoms with Gasteiger partial charge in [0.2, 0.25) is 5.95 Å². The number of nitrogens with zero attached hydrogens (tertiary/aromatic N) is 3. The maximum atomic E-state index is 5.24. The summed E-state index contributed by atoms with van der Waals surface area (Å²) in [6.07, 6.45) is 0. The summed E-state index contributed by atoms with van der Waals surface area (Å²) in [7, 11) is 0. The van der Waals surface area contributed by atoms with Crippen LogP contribution in [0.25, 0.3) is 81.2 Å². The number of benzene rings is 6. The molecule has 0 amide bonds. The molecule has 0 N–H and O–H groups in total. The summed E-state index contributed by atoms with van der Waals surface area (Å²) < 4.78 is 4.86. The van der Waals surface area contributed by atoms with E-state index in [2.05, 4.69) is 132 Å². The van der Waals surface area contributed by atoms with Crippen molar-refractivity contribution in [3.8, 4) is 28.5 Å². The largest absolute Gasteiger partial charge is 0.278 e. The molecule has 9 rings (SSSR count). The third-order valence-corrected chi connectivity index (χ3v) is 9.35. The molecule has 0 fully saturated rings. The first-order chi connectivity index (χ1) is 20.8. The highest BCUT2D eigenvalue weighted by atomic mass is 32.1. The summed E-state index contributed by atoms with van der Waals surface area (Å²) in [6, 6.07) is 49.3. The fraction of sp³-hybridized carbons (Fsp3) is 0. The molecule has 3 nitrogen and oxygen atoms in total. The zero-order valence-electron chi connectivity index (χ0n) is 22.5. The molecule has 4 heteroatoms. The van der Waals surface area contributed by atoms with Crippen LogP contribution >= 0.6 is 11.3 Å². The maximum Gasteiger partial charge on any atom is 0.235 e. The Morgan fingerprint density at radius 1 is 0.452 bits per heavy atom. The van der Waals surface area contributed by atoms with Gasteiger partial charge in [0.15, 0.2) is 0 Å². The molecule has 6 aromatic carbocycles. The fourth-order valence-electron chi connectivity index (χ4n) is 6.35. The van der Waals surface area contributed by atoms with E-state index in [9.17, 15) is 0 Å². The molecular weight excluding hydrogens is 531 g/mol. The Bertz CT molecular complexity index is 2400. The third-order valence-electron chi connectivity index (χ3n) is 8.21. The van der Waals surface area contributed by atoms with E-state index in [4.69, 9.17) is 9.97 Å². The summed E-state index contributed by atoms with van der Waals surface area (Å²) in [4.78, 5) is 10.5. The molecule has 0 saturated carbocycles. The van der Waals surface area contributed by atoms with Crippen LogP contribution in [0.5, 0.6) is 0 Å². The molecule has 0 saturated heterocycles. The van der Waals surface area contributed by atoms with Gasteiger partial charge in [0, 0.05) is 42.1 Å². The van der Waals surface area contributed by atoms with Crippen LogP contribution in [0.3, 0.4) is 0 Å². The van der Waals surface area contributed by atoms with E-state index in [0.717, 1.165) is 33.5 Å². The average molecular weight is 554 g/mol. The van der Waals surface area contributed by atoms with Gasteiger partial charge in [0.25, 0.3) is 0 Å². The molecule has 0 atom stereocenters. The van der Waals surface area contributed by atoms with Gasteiger partial charge in [-0.3, -0.25) is 4.57 Å². The van der Waals surface area contributed by atoms with Crippen molar-refractivity contribution in [1.82, 2.24) is 14.5 Å². The van der Waals surface area contributed by atoms with Crippen molar-refractivity contribution in [3.63, 3.8) is 0 Å². The summed E-state index contributed by atoms with van der Waals surface area (Å²) in [5.74, 6) is 0.671. The van der Waals surface area contributed by atoms with Crippen molar-refractivity contribution in [1.29, 1.82) is 0 Å². The first-order valence-electron chi connectivity index (χ1n) is 14.1. The highest BCUT2D eigenvalue weighted by molar-refractivity contribution is 7.26. The Hall–Kier alpha value is -5.32. The number of hydrogen-bond donors (Lipinski definition) is 0. The van der Waals surface area contributed by atoms with E-state index in [-0.39, 0.29) is 0 Å². The predicted molar refractivity (Wildman–Crippen MR) is 178 cm³/mol. The number of aromatic nitrogens is 3. The summed E-state index contributed by atoms with van der Waals surface area (Å²) >= 11 is 1.85. The molecule has 0 radical (unpaired) electrons. The number of rotatable bonds is 3. The molecule has 0 unspecified atom stereocenters. The fourth-order valence-corrected chi connectivity index (χ4v) is 7.46. The van der Waals surface area contributed by atoms with Crippen LogP contribution < -0.4 is 0 Å². The van der Waals surface area contributed by atoms with Crippen LogP contribution in [0.15, 0.2) is 140 Å². The zero-order valence-corrected chi connectivity index (χ0v) is 23.3. The van der Waals surface area contributed by atoms with E-state index in [1.807, 2.05) is 23.5 Å². The molecular formula is C38H23N3S. The molecule has 196 valence electrons. The Kier molecular flexibility index (Phi) is 5.07. The minimum Gasteiger partial charge on any atom is -0.278 e. The molecule has 0 aliphatic heterocycles. The lowest BCUT2D eigenvalue weighted by atomic mass is 10.0. The standard InChI is InChI=1S/C38H23N3S/c1-3-12-25(13-4-1)29-23-30(26-14-5-2-6-15-26)40-38(39-29)41-31-20-19-24-11-7-8-16-27(24)35(31)37-32(41)21-22-34-36(37)28-17-9-10-18-33(28)42-34/h1-23H. The molecule has 3 aromatic heterocycles. The van der Waals surface area contributed by atoms with E-state index < -0.39 is 0 Å². The molecule has 3 heterocycles. The molecule has 9 aromatic rings. The van der Waals surface area contributed by atoms with Gasteiger partial charge >= 0.3 is 0 Å². The van der Waals surface area contributed by atoms with Crippen molar-refractivity contribution in [2.45, 2.75) is 0 Å². The first kappa shape index (κ1) is 23.4. The second kappa shape index (κ2) is 9.10. The van der Waals surface area contributed by atoms with E-state index in [0.29, 0.717) is 5.95 Å². The second-order valence-corrected chi connectivity index (χ2v) is 11.7. The van der Waals surface area contributed by atoms with Crippen LogP contribution in [0.1, 0.15) is 0 Å². The second-order valence-electron chi connectivity index (χ2n) is 10.6. The molecule has 0 bridgehead atoms. The van der Waals surface area contributed by atoms with Crippen molar-refractivity contribution in [3.05, 3.63) is 140 Å². The van der Waals surface area contributed by atoms with Crippen LogP contribution in [-0.4, -0.2) is 14.5 Å². The maximum absolute atomic E-state index is 5.24. The monoisotopic (exact) mass is 553 g/mol. The van der Waals surface area contributed by atoms with Crippen molar-refractivity contribution < 1.29 is 0 Å². The van der Waals surface area contributed by atoms with Gasteiger partial charge in [-0.2, -0.15) is 0 Å². The average Bonchev–Trinajstić information content (AvgIpc) is 3.61. The van der Waals surface area contributed by atoms with E-state index >= 15 is 0 Å². The molecule has 42 heavy (non-hydrogen) atoms. The van der Waals surface area contributed by atoms with Crippen LogP contribution in [-0.2, 0) is 0 Å². The lowest BCUT2D eigenvalue weighted by Crippen LogP contribution is -2.04. The summed E-state index contributed by atoms with van der Waals surface area (Å²) in [5.41, 5.74) is 6.15.